The number of hydrogen-bond acceptors (Lipinski definition) is 5. The van der Waals surface area contributed by atoms with E-state index in [1.165, 1.54) is 11.3 Å². The standard InChI is InChI=1S/C16H11N3O2S/c1-21-12-4-2-10(3-5-12)16(20)11(8-17)6-13-7-14-15(22-13)9-18-19-14/h2-7,9H,1H3,(H,18,19). The molecule has 0 radical (unpaired) electrons. The van der Waals surface area contributed by atoms with Gasteiger partial charge in [-0.3, -0.25) is 9.89 Å². The van der Waals surface area contributed by atoms with Crippen LogP contribution in [0.5, 0.6) is 5.75 Å². The van der Waals surface area contributed by atoms with Crippen LogP contribution in [0.25, 0.3) is 16.3 Å². The van der Waals surface area contributed by atoms with Crippen molar-refractivity contribution in [3.63, 3.8) is 0 Å². The number of nitrogens with zero attached hydrogens (tertiary/aromatic N) is 2. The summed E-state index contributed by atoms with van der Waals surface area (Å²) in [5.74, 6) is 0.361. The molecule has 0 aliphatic carbocycles. The Morgan fingerprint density at radius 3 is 2.82 bits per heavy atom. The Bertz CT molecular complexity index is 869. The van der Waals surface area contributed by atoms with E-state index in [1.54, 1.807) is 43.6 Å². The number of carbonyl (C=O) groups is 1. The summed E-state index contributed by atoms with van der Waals surface area (Å²) in [4.78, 5) is 13.2. The third-order valence-corrected chi connectivity index (χ3v) is 4.17. The molecule has 108 valence electrons. The zero-order valence-corrected chi connectivity index (χ0v) is 12.5. The second-order valence-electron chi connectivity index (χ2n) is 4.52. The van der Waals surface area contributed by atoms with Gasteiger partial charge in [0.2, 0.25) is 5.78 Å². The minimum atomic E-state index is -0.305. The van der Waals surface area contributed by atoms with Crippen LogP contribution in [0.1, 0.15) is 15.2 Å². The van der Waals surface area contributed by atoms with Crippen LogP contribution < -0.4 is 4.74 Å². The van der Waals surface area contributed by atoms with Crippen LogP contribution in [-0.4, -0.2) is 23.1 Å². The van der Waals surface area contributed by atoms with Crippen molar-refractivity contribution >= 4 is 33.4 Å². The molecule has 0 spiro atoms. The first-order valence-electron chi connectivity index (χ1n) is 6.44. The van der Waals surface area contributed by atoms with E-state index in [2.05, 4.69) is 10.2 Å². The molecule has 0 aliphatic heterocycles. The number of H-pyrrole nitrogens is 1. The molecular weight excluding hydrogens is 298 g/mol. The maximum absolute atomic E-state index is 12.4. The first-order chi connectivity index (χ1) is 10.7. The molecule has 0 unspecified atom stereocenters. The van der Waals surface area contributed by atoms with Crippen molar-refractivity contribution in [1.29, 1.82) is 5.26 Å². The smallest absolute Gasteiger partial charge is 0.203 e. The molecule has 5 nitrogen and oxygen atoms in total. The molecule has 0 saturated carbocycles. The molecule has 6 heteroatoms. The Morgan fingerprint density at radius 2 is 2.18 bits per heavy atom. The quantitative estimate of drug-likeness (QED) is 0.455. The maximum Gasteiger partial charge on any atom is 0.203 e. The van der Waals surface area contributed by atoms with Crippen molar-refractivity contribution < 1.29 is 9.53 Å². The van der Waals surface area contributed by atoms with Crippen molar-refractivity contribution in [3.8, 4) is 11.8 Å². The Labute approximate surface area is 130 Å². The number of hydrogen-bond donors (Lipinski definition) is 1. The van der Waals surface area contributed by atoms with Crippen molar-refractivity contribution in [2.24, 2.45) is 0 Å². The van der Waals surface area contributed by atoms with Gasteiger partial charge in [0.15, 0.2) is 0 Å². The van der Waals surface area contributed by atoms with Crippen LogP contribution in [0, 0.1) is 11.3 Å². The second kappa shape index (κ2) is 5.84. The minimum Gasteiger partial charge on any atom is -0.497 e. The van der Waals surface area contributed by atoms with E-state index in [9.17, 15) is 10.1 Å². The average molecular weight is 309 g/mol. The molecular formula is C16H11N3O2S. The molecule has 22 heavy (non-hydrogen) atoms. The number of carbonyl (C=O) groups excluding carboxylic acids is 1. The molecule has 0 amide bonds. The molecule has 1 N–H and O–H groups in total. The molecule has 0 saturated heterocycles. The summed E-state index contributed by atoms with van der Waals surface area (Å²) in [7, 11) is 1.56. The van der Waals surface area contributed by atoms with Crippen LogP contribution in [0.15, 0.2) is 42.1 Å². The summed E-state index contributed by atoms with van der Waals surface area (Å²) in [5, 5.41) is 16.0. The number of Topliss-reactive ketones (excluding diaryl/α,β-unsaturated/α-hetero) is 1. The van der Waals surface area contributed by atoms with E-state index < -0.39 is 0 Å². The molecule has 0 fully saturated rings. The predicted molar refractivity (Wildman–Crippen MR) is 84.9 cm³/mol. The number of ketones is 1. The molecule has 2 aromatic heterocycles. The van der Waals surface area contributed by atoms with Gasteiger partial charge in [-0.25, -0.2) is 0 Å². The lowest BCUT2D eigenvalue weighted by Gasteiger charge is -2.01. The SMILES string of the molecule is COc1ccc(C(=O)C(C#N)=Cc2cc3[nH]ncc3s2)cc1. The van der Waals surface area contributed by atoms with E-state index in [0.29, 0.717) is 11.3 Å². The van der Waals surface area contributed by atoms with Gasteiger partial charge in [0.05, 0.1) is 23.5 Å². The molecule has 3 aromatic rings. The van der Waals surface area contributed by atoms with Crippen molar-refractivity contribution in [1.82, 2.24) is 10.2 Å². The van der Waals surface area contributed by atoms with E-state index in [-0.39, 0.29) is 11.4 Å². The molecule has 0 bridgehead atoms. The Morgan fingerprint density at radius 1 is 1.41 bits per heavy atom. The highest BCUT2D eigenvalue weighted by Gasteiger charge is 2.13. The van der Waals surface area contributed by atoms with Gasteiger partial charge in [0.25, 0.3) is 0 Å². The third-order valence-electron chi connectivity index (χ3n) is 3.15. The fraction of sp³-hybridized carbons (Fsp3) is 0.0625. The normalized spacial score (nSPS) is 11.4. The largest absolute Gasteiger partial charge is 0.497 e. The number of aromatic amines is 1. The van der Waals surface area contributed by atoms with Crippen LogP contribution in [0.2, 0.25) is 0 Å². The van der Waals surface area contributed by atoms with Crippen LogP contribution in [-0.2, 0) is 0 Å². The fourth-order valence-corrected chi connectivity index (χ4v) is 2.96. The highest BCUT2D eigenvalue weighted by molar-refractivity contribution is 7.19. The van der Waals surface area contributed by atoms with Gasteiger partial charge in [-0.15, -0.1) is 11.3 Å². The monoisotopic (exact) mass is 309 g/mol. The average Bonchev–Trinajstić information content (AvgIpc) is 3.13. The van der Waals surface area contributed by atoms with Gasteiger partial charge in [-0.1, -0.05) is 0 Å². The summed E-state index contributed by atoms with van der Waals surface area (Å²) in [6.07, 6.45) is 3.32. The van der Waals surface area contributed by atoms with Crippen molar-refractivity contribution in [2.75, 3.05) is 7.11 Å². The van der Waals surface area contributed by atoms with Gasteiger partial charge in [0.1, 0.15) is 17.4 Å². The summed E-state index contributed by atoms with van der Waals surface area (Å²) in [6, 6.07) is 10.5. The number of methoxy groups -OCH3 is 1. The number of aromatic nitrogens is 2. The number of rotatable bonds is 4. The number of nitrogens with one attached hydrogen (secondary N) is 1. The number of nitriles is 1. The molecule has 3 rings (SSSR count). The number of allylic oxidation sites excluding steroid dienone is 1. The van der Waals surface area contributed by atoms with Crippen LogP contribution in [0.3, 0.4) is 0 Å². The lowest BCUT2D eigenvalue weighted by Crippen LogP contribution is -2.01. The topological polar surface area (TPSA) is 78.8 Å². The number of fused-ring (bicyclic) bond motifs is 1. The Hall–Kier alpha value is -2.91. The molecule has 2 heterocycles. The summed E-state index contributed by atoms with van der Waals surface area (Å²) in [5.41, 5.74) is 1.45. The van der Waals surface area contributed by atoms with E-state index in [1.807, 2.05) is 12.1 Å². The van der Waals surface area contributed by atoms with Crippen molar-refractivity contribution in [3.05, 3.63) is 52.5 Å². The van der Waals surface area contributed by atoms with Crippen molar-refractivity contribution in [2.45, 2.75) is 0 Å². The zero-order chi connectivity index (χ0) is 15.5. The second-order valence-corrected chi connectivity index (χ2v) is 5.64. The van der Waals surface area contributed by atoms with Gasteiger partial charge in [-0.05, 0) is 36.4 Å². The summed E-state index contributed by atoms with van der Waals surface area (Å²) >= 11 is 1.47. The first kappa shape index (κ1) is 14.0. The Kier molecular flexibility index (Phi) is 3.73. The molecule has 0 atom stereocenters. The minimum absolute atomic E-state index is 0.0991. The third kappa shape index (κ3) is 2.62. The van der Waals surface area contributed by atoms with Gasteiger partial charge in [-0.2, -0.15) is 10.4 Å². The van der Waals surface area contributed by atoms with E-state index in [0.717, 1.165) is 15.1 Å². The van der Waals surface area contributed by atoms with Gasteiger partial charge < -0.3 is 4.74 Å². The van der Waals surface area contributed by atoms with E-state index >= 15 is 0 Å². The summed E-state index contributed by atoms with van der Waals surface area (Å²) < 4.78 is 6.04. The number of thiophene rings is 1. The highest BCUT2D eigenvalue weighted by Crippen LogP contribution is 2.26. The zero-order valence-electron chi connectivity index (χ0n) is 11.7. The number of ether oxygens (including phenoxy) is 1. The van der Waals surface area contributed by atoms with Gasteiger partial charge in [0, 0.05) is 10.4 Å². The van der Waals surface area contributed by atoms with E-state index in [4.69, 9.17) is 4.74 Å². The summed E-state index contributed by atoms with van der Waals surface area (Å²) in [6.45, 7) is 0. The Balaban J connectivity index is 1.92. The first-order valence-corrected chi connectivity index (χ1v) is 7.26. The molecule has 0 aliphatic rings. The van der Waals surface area contributed by atoms with Crippen LogP contribution in [0.4, 0.5) is 0 Å². The van der Waals surface area contributed by atoms with Crippen LogP contribution >= 0.6 is 11.3 Å². The lowest BCUT2D eigenvalue weighted by molar-refractivity contribution is 0.104. The predicted octanol–water partition coefficient (Wildman–Crippen LogP) is 3.42. The van der Waals surface area contributed by atoms with Gasteiger partial charge >= 0.3 is 0 Å². The number of benzene rings is 1. The fourth-order valence-electron chi connectivity index (χ4n) is 2.03. The maximum atomic E-state index is 12.4. The molecule has 1 aromatic carbocycles. The lowest BCUT2D eigenvalue weighted by atomic mass is 10.0. The highest BCUT2D eigenvalue weighted by atomic mass is 32.1.